The molecule has 0 atom stereocenters. The molecule has 0 radical (unpaired) electrons. The van der Waals surface area contributed by atoms with Crippen molar-refractivity contribution in [2.75, 3.05) is 6.54 Å². The summed E-state index contributed by atoms with van der Waals surface area (Å²) in [6, 6.07) is 4.18. The molecule has 96 valence electrons. The Morgan fingerprint density at radius 3 is 2.72 bits per heavy atom. The minimum atomic E-state index is 0.885. The number of aryl methyl sites for hydroxylation is 2. The van der Waals surface area contributed by atoms with E-state index in [2.05, 4.69) is 35.2 Å². The van der Waals surface area contributed by atoms with Gasteiger partial charge in [0.25, 0.3) is 0 Å². The Labute approximate surface area is 108 Å². The molecular formula is C14H20N4. The van der Waals surface area contributed by atoms with Gasteiger partial charge in [-0.3, -0.25) is 4.57 Å². The quantitative estimate of drug-likeness (QED) is 0.821. The zero-order chi connectivity index (χ0) is 13.0. The topological polar surface area (TPSA) is 42.7 Å². The van der Waals surface area contributed by atoms with Crippen molar-refractivity contribution >= 4 is 0 Å². The van der Waals surface area contributed by atoms with Gasteiger partial charge in [0, 0.05) is 24.6 Å². The predicted molar refractivity (Wildman–Crippen MR) is 72.8 cm³/mol. The molecule has 18 heavy (non-hydrogen) atoms. The Balaban J connectivity index is 2.17. The van der Waals surface area contributed by atoms with Crippen molar-refractivity contribution in [2.45, 2.75) is 33.7 Å². The molecule has 0 aromatic carbocycles. The summed E-state index contributed by atoms with van der Waals surface area (Å²) < 4.78 is 2.00. The number of nitrogens with one attached hydrogen (secondary N) is 1. The highest BCUT2D eigenvalue weighted by molar-refractivity contribution is 5.31. The zero-order valence-corrected chi connectivity index (χ0v) is 11.3. The highest BCUT2D eigenvalue weighted by atomic mass is 15.1. The van der Waals surface area contributed by atoms with Gasteiger partial charge in [-0.25, -0.2) is 9.97 Å². The van der Waals surface area contributed by atoms with E-state index in [1.165, 1.54) is 5.56 Å². The Hall–Kier alpha value is -1.68. The second-order valence-electron chi connectivity index (χ2n) is 4.44. The van der Waals surface area contributed by atoms with Crippen molar-refractivity contribution in [1.29, 1.82) is 0 Å². The summed E-state index contributed by atoms with van der Waals surface area (Å²) in [6.45, 7) is 8.13. The summed E-state index contributed by atoms with van der Waals surface area (Å²) in [4.78, 5) is 8.85. The largest absolute Gasteiger partial charge is 0.313 e. The van der Waals surface area contributed by atoms with Gasteiger partial charge < -0.3 is 5.32 Å². The van der Waals surface area contributed by atoms with Gasteiger partial charge in [0.2, 0.25) is 0 Å². The molecule has 0 saturated heterocycles. The summed E-state index contributed by atoms with van der Waals surface area (Å²) in [6.07, 6.45) is 4.88. The van der Waals surface area contributed by atoms with Gasteiger partial charge in [-0.2, -0.15) is 0 Å². The molecule has 0 bridgehead atoms. The molecule has 0 saturated carbocycles. The Morgan fingerprint density at radius 1 is 1.28 bits per heavy atom. The number of imidazole rings is 1. The molecule has 4 heteroatoms. The lowest BCUT2D eigenvalue weighted by atomic mass is 10.2. The molecule has 4 nitrogen and oxygen atoms in total. The van der Waals surface area contributed by atoms with E-state index in [0.717, 1.165) is 36.8 Å². The molecule has 2 aromatic heterocycles. The maximum Gasteiger partial charge on any atom is 0.138 e. The molecule has 2 heterocycles. The van der Waals surface area contributed by atoms with Gasteiger partial charge in [-0.1, -0.05) is 13.0 Å². The van der Waals surface area contributed by atoms with Crippen molar-refractivity contribution in [3.05, 3.63) is 41.6 Å². The van der Waals surface area contributed by atoms with Crippen LogP contribution >= 0.6 is 0 Å². The average molecular weight is 244 g/mol. The Kier molecular flexibility index (Phi) is 4.10. The summed E-state index contributed by atoms with van der Waals surface area (Å²) in [5.74, 6) is 1.89. The van der Waals surface area contributed by atoms with Crippen molar-refractivity contribution in [1.82, 2.24) is 19.9 Å². The molecule has 0 aliphatic carbocycles. The van der Waals surface area contributed by atoms with E-state index in [4.69, 9.17) is 0 Å². The third-order valence-corrected chi connectivity index (χ3v) is 3.00. The molecule has 1 N–H and O–H groups in total. The van der Waals surface area contributed by atoms with E-state index >= 15 is 0 Å². The van der Waals surface area contributed by atoms with Crippen LogP contribution in [0.15, 0.2) is 24.5 Å². The molecule has 0 aliphatic rings. The predicted octanol–water partition coefficient (Wildman–Crippen LogP) is 2.38. The minimum Gasteiger partial charge on any atom is -0.313 e. The van der Waals surface area contributed by atoms with Crippen molar-refractivity contribution in [2.24, 2.45) is 0 Å². The van der Waals surface area contributed by atoms with Crippen LogP contribution in [0.1, 0.15) is 30.4 Å². The molecular weight excluding hydrogens is 224 g/mol. The van der Waals surface area contributed by atoms with E-state index in [-0.39, 0.29) is 0 Å². The fraction of sp³-hybridized carbons (Fsp3) is 0.429. The second-order valence-corrected chi connectivity index (χ2v) is 4.44. The van der Waals surface area contributed by atoms with E-state index in [1.807, 2.05) is 23.8 Å². The summed E-state index contributed by atoms with van der Waals surface area (Å²) in [7, 11) is 0. The maximum atomic E-state index is 4.64. The van der Waals surface area contributed by atoms with Crippen LogP contribution in [-0.2, 0) is 6.54 Å². The number of pyridine rings is 1. The molecule has 0 aliphatic heterocycles. The highest BCUT2D eigenvalue weighted by Gasteiger charge is 2.05. The summed E-state index contributed by atoms with van der Waals surface area (Å²) in [5, 5.41) is 3.40. The summed E-state index contributed by atoms with van der Waals surface area (Å²) in [5.41, 5.74) is 2.33. The van der Waals surface area contributed by atoms with Gasteiger partial charge in [0.1, 0.15) is 11.6 Å². The van der Waals surface area contributed by atoms with Crippen LogP contribution in [0.25, 0.3) is 5.82 Å². The van der Waals surface area contributed by atoms with E-state index in [1.54, 1.807) is 6.20 Å². The third-order valence-electron chi connectivity index (χ3n) is 3.00. The fourth-order valence-corrected chi connectivity index (χ4v) is 1.92. The molecule has 2 aromatic rings. The standard InChI is InChI=1S/C14H20N4/c1-4-7-15-10-13-5-6-14(17-11(13)2)18-9-8-16-12(18)3/h5-6,8-9,15H,4,7,10H2,1-3H3. The number of hydrogen-bond acceptors (Lipinski definition) is 3. The highest BCUT2D eigenvalue weighted by Crippen LogP contribution is 2.12. The number of rotatable bonds is 5. The van der Waals surface area contributed by atoms with Crippen LogP contribution in [0, 0.1) is 13.8 Å². The first-order valence-electron chi connectivity index (χ1n) is 6.40. The third kappa shape index (κ3) is 2.76. The normalized spacial score (nSPS) is 10.8. The lowest BCUT2D eigenvalue weighted by molar-refractivity contribution is 0.670. The lowest BCUT2D eigenvalue weighted by Crippen LogP contribution is -2.15. The van der Waals surface area contributed by atoms with Gasteiger partial charge >= 0.3 is 0 Å². The molecule has 0 unspecified atom stereocenters. The van der Waals surface area contributed by atoms with Crippen LogP contribution in [0.5, 0.6) is 0 Å². The monoisotopic (exact) mass is 244 g/mol. The first-order valence-corrected chi connectivity index (χ1v) is 6.40. The first kappa shape index (κ1) is 12.8. The molecule has 0 fully saturated rings. The van der Waals surface area contributed by atoms with E-state index in [0.29, 0.717) is 0 Å². The Morgan fingerprint density at radius 2 is 2.11 bits per heavy atom. The van der Waals surface area contributed by atoms with Gasteiger partial charge in [-0.05, 0) is 38.4 Å². The van der Waals surface area contributed by atoms with Crippen molar-refractivity contribution < 1.29 is 0 Å². The second kappa shape index (κ2) is 5.78. The van der Waals surface area contributed by atoms with Crippen LogP contribution in [-0.4, -0.2) is 21.1 Å². The maximum absolute atomic E-state index is 4.64. The Bertz CT molecular complexity index is 516. The zero-order valence-electron chi connectivity index (χ0n) is 11.3. The number of aromatic nitrogens is 3. The fourth-order valence-electron chi connectivity index (χ4n) is 1.92. The number of hydrogen-bond donors (Lipinski definition) is 1. The van der Waals surface area contributed by atoms with Gasteiger partial charge in [0.05, 0.1) is 0 Å². The van der Waals surface area contributed by atoms with Crippen LogP contribution in [0.4, 0.5) is 0 Å². The van der Waals surface area contributed by atoms with Crippen LogP contribution in [0.2, 0.25) is 0 Å². The lowest BCUT2D eigenvalue weighted by Gasteiger charge is -2.10. The minimum absolute atomic E-state index is 0.885. The van der Waals surface area contributed by atoms with E-state index in [9.17, 15) is 0 Å². The number of nitrogens with zero attached hydrogens (tertiary/aromatic N) is 3. The molecule has 2 rings (SSSR count). The summed E-state index contributed by atoms with van der Waals surface area (Å²) >= 11 is 0. The van der Waals surface area contributed by atoms with Crippen molar-refractivity contribution in [3.63, 3.8) is 0 Å². The van der Waals surface area contributed by atoms with E-state index < -0.39 is 0 Å². The molecule has 0 amide bonds. The molecule has 0 spiro atoms. The van der Waals surface area contributed by atoms with Crippen LogP contribution < -0.4 is 5.32 Å². The average Bonchev–Trinajstić information content (AvgIpc) is 2.78. The van der Waals surface area contributed by atoms with Crippen molar-refractivity contribution in [3.8, 4) is 5.82 Å². The van der Waals surface area contributed by atoms with Gasteiger partial charge in [-0.15, -0.1) is 0 Å². The smallest absolute Gasteiger partial charge is 0.138 e. The first-order chi connectivity index (χ1) is 8.72. The SMILES string of the molecule is CCCNCc1ccc(-n2ccnc2C)nc1C. The van der Waals surface area contributed by atoms with Crippen LogP contribution in [0.3, 0.4) is 0 Å². The van der Waals surface area contributed by atoms with Gasteiger partial charge in [0.15, 0.2) is 0 Å².